The second-order valence-electron chi connectivity index (χ2n) is 5.32. The Morgan fingerprint density at radius 1 is 1.10 bits per heavy atom. The van der Waals surface area contributed by atoms with Gasteiger partial charge in [0, 0.05) is 23.3 Å². The Hall–Kier alpha value is -0.590. The molecule has 1 aromatic rings. The average Bonchev–Trinajstić information content (AvgIpc) is 3.02. The molecule has 0 radical (unpaired) electrons. The lowest BCUT2D eigenvalue weighted by Gasteiger charge is -2.38. The minimum absolute atomic E-state index is 0.0698. The second-order valence-corrected chi connectivity index (χ2v) is 6.40. The molecular weight excluding hydrogens is 276 g/mol. The summed E-state index contributed by atoms with van der Waals surface area (Å²) >= 11 is 1.74. The first kappa shape index (κ1) is 14.4. The Labute approximate surface area is 123 Å². The SMILES string of the molecule is O[C@H]1[C@H]([C@H](O)c2ccccc2)CSC[C@H]1C1OCCO1. The van der Waals surface area contributed by atoms with Crippen LogP contribution in [0.4, 0.5) is 0 Å². The zero-order chi connectivity index (χ0) is 13.9. The second kappa shape index (κ2) is 6.45. The predicted molar refractivity (Wildman–Crippen MR) is 77.4 cm³/mol. The van der Waals surface area contributed by atoms with Crippen LogP contribution in [0.15, 0.2) is 30.3 Å². The van der Waals surface area contributed by atoms with Crippen LogP contribution in [-0.4, -0.2) is 47.3 Å². The molecule has 0 aromatic heterocycles. The first-order valence-corrected chi connectivity index (χ1v) is 8.15. The third kappa shape index (κ3) is 2.87. The van der Waals surface area contributed by atoms with Crippen LogP contribution < -0.4 is 0 Å². The monoisotopic (exact) mass is 296 g/mol. The highest BCUT2D eigenvalue weighted by atomic mass is 32.2. The van der Waals surface area contributed by atoms with Crippen LogP contribution >= 0.6 is 11.8 Å². The lowest BCUT2D eigenvalue weighted by atomic mass is 9.85. The fraction of sp³-hybridized carbons (Fsp3) is 0.600. The molecule has 1 aromatic carbocycles. The van der Waals surface area contributed by atoms with E-state index in [1.54, 1.807) is 11.8 Å². The van der Waals surface area contributed by atoms with Crippen molar-refractivity contribution < 1.29 is 19.7 Å². The van der Waals surface area contributed by atoms with Crippen molar-refractivity contribution in [2.24, 2.45) is 11.8 Å². The molecule has 4 atom stereocenters. The van der Waals surface area contributed by atoms with E-state index >= 15 is 0 Å². The Balaban J connectivity index is 1.72. The van der Waals surface area contributed by atoms with Crippen molar-refractivity contribution in [2.75, 3.05) is 24.7 Å². The van der Waals surface area contributed by atoms with Gasteiger partial charge in [-0.05, 0) is 5.56 Å². The molecule has 2 heterocycles. The Morgan fingerprint density at radius 3 is 2.50 bits per heavy atom. The summed E-state index contributed by atoms with van der Waals surface area (Å²) in [5.41, 5.74) is 0.853. The van der Waals surface area contributed by atoms with E-state index in [9.17, 15) is 10.2 Å². The summed E-state index contributed by atoms with van der Waals surface area (Å²) in [6, 6.07) is 9.52. The fourth-order valence-corrected chi connectivity index (χ4v) is 4.31. The molecule has 2 saturated heterocycles. The molecule has 110 valence electrons. The molecule has 0 saturated carbocycles. The molecule has 0 bridgehead atoms. The van der Waals surface area contributed by atoms with Crippen molar-refractivity contribution >= 4 is 11.8 Å². The van der Waals surface area contributed by atoms with E-state index in [-0.39, 0.29) is 18.1 Å². The molecule has 2 N–H and O–H groups in total. The van der Waals surface area contributed by atoms with E-state index in [1.807, 2.05) is 30.3 Å². The number of aliphatic hydroxyl groups excluding tert-OH is 2. The Morgan fingerprint density at radius 2 is 1.80 bits per heavy atom. The third-order valence-corrected chi connectivity index (χ3v) is 5.28. The summed E-state index contributed by atoms with van der Waals surface area (Å²) in [5, 5.41) is 21.1. The predicted octanol–water partition coefficient (Wildman–Crippen LogP) is 1.43. The number of hydrogen-bond donors (Lipinski definition) is 2. The van der Waals surface area contributed by atoms with Gasteiger partial charge in [0.25, 0.3) is 0 Å². The molecule has 20 heavy (non-hydrogen) atoms. The molecule has 2 fully saturated rings. The van der Waals surface area contributed by atoms with Gasteiger partial charge in [0.1, 0.15) is 0 Å². The van der Waals surface area contributed by atoms with Gasteiger partial charge in [-0.2, -0.15) is 11.8 Å². The summed E-state index contributed by atoms with van der Waals surface area (Å²) < 4.78 is 11.0. The highest BCUT2D eigenvalue weighted by molar-refractivity contribution is 7.99. The Kier molecular flexibility index (Phi) is 4.63. The van der Waals surface area contributed by atoms with Gasteiger partial charge in [0.2, 0.25) is 0 Å². The number of rotatable bonds is 3. The van der Waals surface area contributed by atoms with Crippen molar-refractivity contribution in [3.63, 3.8) is 0 Å². The molecule has 3 rings (SSSR count). The van der Waals surface area contributed by atoms with E-state index in [0.717, 1.165) is 17.1 Å². The van der Waals surface area contributed by atoms with E-state index in [0.29, 0.717) is 13.2 Å². The zero-order valence-electron chi connectivity index (χ0n) is 11.2. The smallest absolute Gasteiger partial charge is 0.163 e. The van der Waals surface area contributed by atoms with E-state index in [4.69, 9.17) is 9.47 Å². The van der Waals surface area contributed by atoms with Gasteiger partial charge in [-0.15, -0.1) is 0 Å². The summed E-state index contributed by atoms with van der Waals surface area (Å²) in [5.74, 6) is 1.30. The van der Waals surface area contributed by atoms with Gasteiger partial charge >= 0.3 is 0 Å². The molecule has 4 nitrogen and oxygen atoms in total. The van der Waals surface area contributed by atoms with Crippen LogP contribution in [0.25, 0.3) is 0 Å². The van der Waals surface area contributed by atoms with Crippen LogP contribution in [-0.2, 0) is 9.47 Å². The van der Waals surface area contributed by atoms with Crippen LogP contribution in [0.5, 0.6) is 0 Å². The lowest BCUT2D eigenvalue weighted by Crippen LogP contribution is -2.45. The highest BCUT2D eigenvalue weighted by Gasteiger charge is 2.42. The number of hydrogen-bond acceptors (Lipinski definition) is 5. The van der Waals surface area contributed by atoms with Gasteiger partial charge in [-0.25, -0.2) is 0 Å². The maximum atomic E-state index is 10.6. The molecule has 0 amide bonds. The number of benzene rings is 1. The standard InChI is InChI=1S/C15H20O4S/c16-13(10-4-2-1-3-5-10)11-8-20-9-12(14(11)17)15-18-6-7-19-15/h1-5,11-17H,6-9H2/t11-,12+,13+,14-/m0/s1. The van der Waals surface area contributed by atoms with Crippen molar-refractivity contribution in [2.45, 2.75) is 18.5 Å². The minimum atomic E-state index is -0.650. The van der Waals surface area contributed by atoms with Crippen LogP contribution in [0.3, 0.4) is 0 Å². The molecule has 5 heteroatoms. The fourth-order valence-electron chi connectivity index (χ4n) is 2.89. The first-order valence-electron chi connectivity index (χ1n) is 6.99. The maximum absolute atomic E-state index is 10.6. The zero-order valence-corrected chi connectivity index (χ0v) is 12.0. The lowest BCUT2D eigenvalue weighted by molar-refractivity contribution is -0.129. The highest BCUT2D eigenvalue weighted by Crippen LogP contribution is 2.38. The maximum Gasteiger partial charge on any atom is 0.163 e. The number of ether oxygens (including phenoxy) is 2. The van der Waals surface area contributed by atoms with Crippen molar-refractivity contribution in [3.05, 3.63) is 35.9 Å². The number of thioether (sulfide) groups is 1. The minimum Gasteiger partial charge on any atom is -0.392 e. The van der Waals surface area contributed by atoms with Gasteiger partial charge in [0.05, 0.1) is 25.4 Å². The molecule has 0 aliphatic carbocycles. The molecule has 0 unspecified atom stereocenters. The first-order chi connectivity index (χ1) is 9.77. The summed E-state index contributed by atoms with van der Waals surface area (Å²) in [6.45, 7) is 1.18. The summed E-state index contributed by atoms with van der Waals surface area (Å²) in [4.78, 5) is 0. The van der Waals surface area contributed by atoms with Gasteiger partial charge in [-0.3, -0.25) is 0 Å². The summed E-state index contributed by atoms with van der Waals surface area (Å²) in [7, 11) is 0. The van der Waals surface area contributed by atoms with Crippen molar-refractivity contribution in [1.82, 2.24) is 0 Å². The van der Waals surface area contributed by atoms with Crippen LogP contribution in [0, 0.1) is 11.8 Å². The van der Waals surface area contributed by atoms with Gasteiger partial charge < -0.3 is 19.7 Å². The third-order valence-electron chi connectivity index (χ3n) is 4.04. The summed E-state index contributed by atoms with van der Waals surface area (Å²) in [6.07, 6.45) is -1.58. The molecular formula is C15H20O4S. The van der Waals surface area contributed by atoms with E-state index < -0.39 is 12.2 Å². The molecule has 2 aliphatic heterocycles. The van der Waals surface area contributed by atoms with Crippen LogP contribution in [0.1, 0.15) is 11.7 Å². The van der Waals surface area contributed by atoms with Gasteiger partial charge in [0.15, 0.2) is 6.29 Å². The number of aliphatic hydroxyl groups is 2. The normalized spacial score (nSPS) is 33.2. The van der Waals surface area contributed by atoms with Crippen molar-refractivity contribution in [1.29, 1.82) is 0 Å². The van der Waals surface area contributed by atoms with Crippen molar-refractivity contribution in [3.8, 4) is 0 Å². The molecule has 2 aliphatic rings. The Bertz CT molecular complexity index is 421. The van der Waals surface area contributed by atoms with E-state index in [1.165, 1.54) is 0 Å². The largest absolute Gasteiger partial charge is 0.392 e. The topological polar surface area (TPSA) is 58.9 Å². The quantitative estimate of drug-likeness (QED) is 0.884. The molecule has 0 spiro atoms. The average molecular weight is 296 g/mol. The van der Waals surface area contributed by atoms with Gasteiger partial charge in [-0.1, -0.05) is 30.3 Å². The van der Waals surface area contributed by atoms with E-state index in [2.05, 4.69) is 0 Å². The van der Waals surface area contributed by atoms with Crippen LogP contribution in [0.2, 0.25) is 0 Å².